The van der Waals surface area contributed by atoms with E-state index in [0.29, 0.717) is 17.0 Å². The van der Waals surface area contributed by atoms with Crippen molar-refractivity contribution in [2.24, 2.45) is 5.92 Å². The molecule has 156 valence electrons. The molecule has 0 bridgehead atoms. The molecule has 1 atom stereocenters. The molecule has 0 aliphatic heterocycles. The Labute approximate surface area is 180 Å². The van der Waals surface area contributed by atoms with E-state index in [2.05, 4.69) is 15.6 Å². The average Bonchev–Trinajstić information content (AvgIpc) is 3.18. The van der Waals surface area contributed by atoms with Crippen LogP contribution < -0.4 is 15.4 Å². The minimum atomic E-state index is -0.701. The minimum absolute atomic E-state index is 0.104. The fourth-order valence-corrected chi connectivity index (χ4v) is 3.68. The van der Waals surface area contributed by atoms with Crippen LogP contribution >= 0.6 is 11.3 Å². The number of aryl methyl sites for hydroxylation is 1. The van der Waals surface area contributed by atoms with Gasteiger partial charge in [0.15, 0.2) is 0 Å². The zero-order chi connectivity index (χ0) is 21.7. The molecule has 1 aromatic heterocycles. The molecule has 0 fully saturated rings. The summed E-state index contributed by atoms with van der Waals surface area (Å²) >= 11 is 1.58. The van der Waals surface area contributed by atoms with Gasteiger partial charge in [-0.05, 0) is 37.1 Å². The van der Waals surface area contributed by atoms with E-state index in [9.17, 15) is 9.59 Å². The number of carbonyl (C=O) groups is 2. The van der Waals surface area contributed by atoms with Crippen LogP contribution in [-0.4, -0.2) is 29.9 Å². The van der Waals surface area contributed by atoms with Crippen molar-refractivity contribution in [3.63, 3.8) is 0 Å². The number of methoxy groups -OCH3 is 1. The van der Waals surface area contributed by atoms with E-state index in [4.69, 9.17) is 4.74 Å². The first-order valence-electron chi connectivity index (χ1n) is 9.66. The molecule has 0 aliphatic rings. The second-order valence-corrected chi connectivity index (χ2v) is 8.28. The standard InChI is InChI=1S/C23H25N3O3S/c1-14(2)21(26-22(27)18-10-5-6-11-20(18)29-4)23(28)25-17-9-7-8-16(12-17)19-13-30-15(3)24-19/h5-14,21H,1-4H3,(H,25,28)(H,26,27)/t21-/m0/s1. The Morgan fingerprint density at radius 1 is 1.10 bits per heavy atom. The molecule has 3 rings (SSSR count). The molecule has 0 saturated carbocycles. The quantitative estimate of drug-likeness (QED) is 0.585. The Morgan fingerprint density at radius 2 is 1.87 bits per heavy atom. The Balaban J connectivity index is 1.75. The first-order chi connectivity index (χ1) is 14.4. The monoisotopic (exact) mass is 423 g/mol. The van der Waals surface area contributed by atoms with Crippen molar-refractivity contribution in [3.8, 4) is 17.0 Å². The SMILES string of the molecule is COc1ccccc1C(=O)N[C@H](C(=O)Nc1cccc(-c2csc(C)n2)c1)C(C)C. The lowest BCUT2D eigenvalue weighted by Gasteiger charge is -2.22. The Bertz CT molecular complexity index is 1050. The molecule has 0 radical (unpaired) electrons. The molecule has 1 heterocycles. The third kappa shape index (κ3) is 5.04. The van der Waals surface area contributed by atoms with Crippen molar-refractivity contribution in [2.75, 3.05) is 12.4 Å². The van der Waals surface area contributed by atoms with Crippen LogP contribution in [0.3, 0.4) is 0 Å². The lowest BCUT2D eigenvalue weighted by molar-refractivity contribution is -0.118. The first kappa shape index (κ1) is 21.5. The average molecular weight is 424 g/mol. The lowest BCUT2D eigenvalue weighted by Crippen LogP contribution is -2.47. The van der Waals surface area contributed by atoms with Gasteiger partial charge in [-0.2, -0.15) is 0 Å². The predicted molar refractivity (Wildman–Crippen MR) is 120 cm³/mol. The van der Waals surface area contributed by atoms with Crippen LogP contribution in [0.25, 0.3) is 11.3 Å². The number of hydrogen-bond acceptors (Lipinski definition) is 5. The van der Waals surface area contributed by atoms with Crippen molar-refractivity contribution in [2.45, 2.75) is 26.8 Å². The van der Waals surface area contributed by atoms with Gasteiger partial charge < -0.3 is 15.4 Å². The first-order valence-corrected chi connectivity index (χ1v) is 10.5. The normalized spacial score (nSPS) is 11.8. The fourth-order valence-electron chi connectivity index (χ4n) is 3.06. The molecule has 0 unspecified atom stereocenters. The highest BCUT2D eigenvalue weighted by molar-refractivity contribution is 7.09. The van der Waals surface area contributed by atoms with Crippen molar-refractivity contribution in [3.05, 3.63) is 64.5 Å². The summed E-state index contributed by atoms with van der Waals surface area (Å²) in [6, 6.07) is 13.8. The number of nitrogens with zero attached hydrogens (tertiary/aromatic N) is 1. The van der Waals surface area contributed by atoms with Crippen LogP contribution in [0.5, 0.6) is 5.75 Å². The maximum atomic E-state index is 13.0. The summed E-state index contributed by atoms with van der Waals surface area (Å²) < 4.78 is 5.26. The molecular weight excluding hydrogens is 398 g/mol. The fraction of sp³-hybridized carbons (Fsp3) is 0.261. The zero-order valence-corrected chi connectivity index (χ0v) is 18.2. The molecular formula is C23H25N3O3S. The van der Waals surface area contributed by atoms with Gasteiger partial charge in [0.2, 0.25) is 5.91 Å². The second kappa shape index (κ2) is 9.54. The largest absolute Gasteiger partial charge is 0.496 e. The van der Waals surface area contributed by atoms with Gasteiger partial charge in [-0.3, -0.25) is 9.59 Å². The van der Waals surface area contributed by atoms with Crippen molar-refractivity contribution in [1.82, 2.24) is 10.3 Å². The van der Waals surface area contributed by atoms with E-state index in [0.717, 1.165) is 16.3 Å². The number of aromatic nitrogens is 1. The van der Waals surface area contributed by atoms with Gasteiger partial charge in [-0.15, -0.1) is 11.3 Å². The summed E-state index contributed by atoms with van der Waals surface area (Å²) in [5.41, 5.74) is 2.84. The molecule has 6 nitrogen and oxygen atoms in total. The summed E-state index contributed by atoms with van der Waals surface area (Å²) in [5, 5.41) is 8.72. The number of rotatable bonds is 7. The molecule has 2 N–H and O–H groups in total. The summed E-state index contributed by atoms with van der Waals surface area (Å²) in [6.45, 7) is 5.74. The highest BCUT2D eigenvalue weighted by Gasteiger charge is 2.26. The number of ether oxygens (including phenoxy) is 1. The van der Waals surface area contributed by atoms with E-state index >= 15 is 0 Å². The number of anilines is 1. The molecule has 3 aromatic rings. The van der Waals surface area contributed by atoms with Crippen LogP contribution in [-0.2, 0) is 4.79 Å². The summed E-state index contributed by atoms with van der Waals surface area (Å²) in [7, 11) is 1.51. The Hall–Kier alpha value is -3.19. The number of amides is 2. The van der Waals surface area contributed by atoms with Crippen LogP contribution in [0.4, 0.5) is 5.69 Å². The van der Waals surface area contributed by atoms with Gasteiger partial charge in [0.1, 0.15) is 11.8 Å². The molecule has 30 heavy (non-hydrogen) atoms. The number of thiazole rings is 1. The maximum Gasteiger partial charge on any atom is 0.255 e. The topological polar surface area (TPSA) is 80.3 Å². The smallest absolute Gasteiger partial charge is 0.255 e. The number of carbonyl (C=O) groups excluding carboxylic acids is 2. The van der Waals surface area contributed by atoms with Crippen LogP contribution in [0, 0.1) is 12.8 Å². The number of nitrogens with one attached hydrogen (secondary N) is 2. The van der Waals surface area contributed by atoms with Crippen LogP contribution in [0.1, 0.15) is 29.2 Å². The van der Waals surface area contributed by atoms with Crippen LogP contribution in [0.15, 0.2) is 53.9 Å². The zero-order valence-electron chi connectivity index (χ0n) is 17.4. The summed E-state index contributed by atoms with van der Waals surface area (Å²) in [4.78, 5) is 30.2. The van der Waals surface area contributed by atoms with E-state index in [1.807, 2.05) is 50.4 Å². The highest BCUT2D eigenvalue weighted by Crippen LogP contribution is 2.24. The summed E-state index contributed by atoms with van der Waals surface area (Å²) in [6.07, 6.45) is 0. The molecule has 0 aliphatic carbocycles. The molecule has 2 amide bonds. The third-order valence-electron chi connectivity index (χ3n) is 4.63. The van der Waals surface area contributed by atoms with E-state index in [1.165, 1.54) is 7.11 Å². The maximum absolute atomic E-state index is 13.0. The molecule has 7 heteroatoms. The van der Waals surface area contributed by atoms with E-state index in [-0.39, 0.29) is 17.7 Å². The third-order valence-corrected chi connectivity index (χ3v) is 5.41. The van der Waals surface area contributed by atoms with Crippen molar-refractivity contribution in [1.29, 1.82) is 0 Å². The second-order valence-electron chi connectivity index (χ2n) is 7.22. The minimum Gasteiger partial charge on any atom is -0.496 e. The molecule has 2 aromatic carbocycles. The predicted octanol–water partition coefficient (Wildman–Crippen LogP) is 4.52. The van der Waals surface area contributed by atoms with Crippen LogP contribution in [0.2, 0.25) is 0 Å². The highest BCUT2D eigenvalue weighted by atomic mass is 32.1. The van der Waals surface area contributed by atoms with Crippen molar-refractivity contribution < 1.29 is 14.3 Å². The van der Waals surface area contributed by atoms with Gasteiger partial charge in [-0.1, -0.05) is 38.1 Å². The number of benzene rings is 2. The van der Waals surface area contributed by atoms with Crippen molar-refractivity contribution >= 4 is 28.8 Å². The number of para-hydroxylation sites is 1. The van der Waals surface area contributed by atoms with Gasteiger partial charge in [0.25, 0.3) is 5.91 Å². The van der Waals surface area contributed by atoms with E-state index < -0.39 is 6.04 Å². The Kier molecular flexibility index (Phi) is 6.84. The summed E-state index contributed by atoms with van der Waals surface area (Å²) in [5.74, 6) is -0.273. The van der Waals surface area contributed by atoms with E-state index in [1.54, 1.807) is 35.6 Å². The Morgan fingerprint density at radius 3 is 2.53 bits per heavy atom. The lowest BCUT2D eigenvalue weighted by atomic mass is 10.0. The van der Waals surface area contributed by atoms with Gasteiger partial charge in [-0.25, -0.2) is 4.98 Å². The van der Waals surface area contributed by atoms with Gasteiger partial charge >= 0.3 is 0 Å². The van der Waals surface area contributed by atoms with Gasteiger partial charge in [0, 0.05) is 16.6 Å². The molecule has 0 spiro atoms. The van der Waals surface area contributed by atoms with Gasteiger partial charge in [0.05, 0.1) is 23.4 Å². The molecule has 0 saturated heterocycles. The number of hydrogen-bond donors (Lipinski definition) is 2.